The number of rotatable bonds is 2. The number of aromatic amines is 1. The lowest BCUT2D eigenvalue weighted by molar-refractivity contribution is 0.510. The van der Waals surface area contributed by atoms with Crippen molar-refractivity contribution < 1.29 is 8.78 Å². The Morgan fingerprint density at radius 2 is 1.89 bits per heavy atom. The van der Waals surface area contributed by atoms with Crippen LogP contribution in [0.25, 0.3) is 11.0 Å². The molecule has 19 heavy (non-hydrogen) atoms. The van der Waals surface area contributed by atoms with Crippen LogP contribution in [0.1, 0.15) is 11.4 Å². The zero-order chi connectivity index (χ0) is 13.4. The summed E-state index contributed by atoms with van der Waals surface area (Å²) in [7, 11) is 0. The predicted octanol–water partition coefficient (Wildman–Crippen LogP) is 3.01. The number of H-pyrrole nitrogens is 1. The molecule has 3 nitrogen and oxygen atoms in total. The highest BCUT2D eigenvalue weighted by atomic mass is 19.2. The summed E-state index contributed by atoms with van der Waals surface area (Å²) < 4.78 is 26.2. The van der Waals surface area contributed by atoms with Gasteiger partial charge in [-0.1, -0.05) is 12.1 Å². The third-order valence-corrected chi connectivity index (χ3v) is 2.90. The van der Waals surface area contributed by atoms with Crippen molar-refractivity contribution in [2.45, 2.75) is 6.42 Å². The van der Waals surface area contributed by atoms with E-state index in [0.29, 0.717) is 29.0 Å². The second kappa shape index (κ2) is 4.35. The summed E-state index contributed by atoms with van der Waals surface area (Å²) in [5, 5.41) is 0. The fourth-order valence-electron chi connectivity index (χ4n) is 2.04. The highest BCUT2D eigenvalue weighted by Gasteiger charge is 2.09. The highest BCUT2D eigenvalue weighted by molar-refractivity contribution is 5.75. The molecule has 1 aromatic heterocycles. The third-order valence-electron chi connectivity index (χ3n) is 2.90. The maximum atomic E-state index is 13.1. The fourth-order valence-corrected chi connectivity index (χ4v) is 2.04. The Balaban J connectivity index is 1.97. The van der Waals surface area contributed by atoms with Gasteiger partial charge in [0.15, 0.2) is 11.6 Å². The zero-order valence-electron chi connectivity index (χ0n) is 9.95. The van der Waals surface area contributed by atoms with Gasteiger partial charge in [-0.3, -0.25) is 0 Å². The second-order valence-corrected chi connectivity index (χ2v) is 4.39. The summed E-state index contributed by atoms with van der Waals surface area (Å²) in [5.74, 6) is -1.13. The van der Waals surface area contributed by atoms with E-state index in [1.54, 1.807) is 6.07 Å². The number of benzene rings is 2. The molecule has 3 N–H and O–H groups in total. The number of hydrogen-bond acceptors (Lipinski definition) is 2. The van der Waals surface area contributed by atoms with Crippen molar-refractivity contribution in [1.29, 1.82) is 0 Å². The minimum atomic E-state index is -0.894. The molecule has 0 saturated carbocycles. The number of imidazole rings is 1. The quantitative estimate of drug-likeness (QED) is 0.695. The van der Waals surface area contributed by atoms with Gasteiger partial charge in [0, 0.05) is 24.2 Å². The Labute approximate surface area is 108 Å². The molecule has 0 bridgehead atoms. The molecule has 2 aromatic carbocycles. The maximum absolute atomic E-state index is 13.1. The van der Waals surface area contributed by atoms with Crippen molar-refractivity contribution in [3.05, 3.63) is 59.4 Å². The van der Waals surface area contributed by atoms with E-state index in [9.17, 15) is 8.78 Å². The van der Waals surface area contributed by atoms with E-state index in [1.807, 2.05) is 18.2 Å². The van der Waals surface area contributed by atoms with Gasteiger partial charge in [0.05, 0.1) is 11.0 Å². The lowest BCUT2D eigenvalue weighted by Gasteiger charge is -1.99. The Kier molecular flexibility index (Phi) is 2.67. The lowest BCUT2D eigenvalue weighted by atomic mass is 10.1. The van der Waals surface area contributed by atoms with Gasteiger partial charge in [0.1, 0.15) is 5.82 Å². The number of nitrogens with zero attached hydrogens (tertiary/aromatic N) is 1. The minimum Gasteiger partial charge on any atom is -0.399 e. The zero-order valence-corrected chi connectivity index (χ0v) is 9.95. The van der Waals surface area contributed by atoms with Crippen molar-refractivity contribution in [1.82, 2.24) is 9.97 Å². The normalized spacial score (nSPS) is 11.1. The summed E-state index contributed by atoms with van der Waals surface area (Å²) >= 11 is 0. The average Bonchev–Trinajstić information content (AvgIpc) is 2.71. The van der Waals surface area contributed by atoms with Crippen molar-refractivity contribution in [2.75, 3.05) is 5.73 Å². The first-order chi connectivity index (χ1) is 9.11. The minimum absolute atomic E-state index is 0.415. The molecule has 0 spiro atoms. The van der Waals surface area contributed by atoms with E-state index in [4.69, 9.17) is 5.73 Å². The number of nitrogen functional groups attached to an aromatic ring is 1. The molecule has 3 rings (SSSR count). The van der Waals surface area contributed by atoms with Crippen LogP contribution in [0.3, 0.4) is 0 Å². The Morgan fingerprint density at radius 1 is 1.11 bits per heavy atom. The van der Waals surface area contributed by atoms with Gasteiger partial charge >= 0.3 is 0 Å². The molecular weight excluding hydrogens is 248 g/mol. The molecule has 0 radical (unpaired) electrons. The van der Waals surface area contributed by atoms with Gasteiger partial charge in [-0.2, -0.15) is 0 Å². The molecule has 1 heterocycles. The Morgan fingerprint density at radius 3 is 2.68 bits per heavy atom. The second-order valence-electron chi connectivity index (χ2n) is 4.39. The summed E-state index contributed by atoms with van der Waals surface area (Å²) in [4.78, 5) is 7.21. The van der Waals surface area contributed by atoms with E-state index < -0.39 is 11.6 Å². The van der Waals surface area contributed by atoms with Crippen LogP contribution in [-0.4, -0.2) is 9.97 Å². The molecule has 0 aliphatic carbocycles. The maximum Gasteiger partial charge on any atom is 0.161 e. The molecule has 96 valence electrons. The van der Waals surface area contributed by atoms with Crippen LogP contribution >= 0.6 is 0 Å². The molecule has 0 amide bonds. The molecule has 5 heteroatoms. The lowest BCUT2D eigenvalue weighted by Crippen LogP contribution is -1.92. The standard InChI is InChI=1S/C14H11F2N3/c15-10-6-12-13(7-11(10)16)19-14(18-12)5-8-2-1-3-9(17)4-8/h1-4,6-7H,5,17H2,(H,18,19). The largest absolute Gasteiger partial charge is 0.399 e. The van der Waals surface area contributed by atoms with E-state index >= 15 is 0 Å². The van der Waals surface area contributed by atoms with Crippen LogP contribution < -0.4 is 5.73 Å². The van der Waals surface area contributed by atoms with Crippen LogP contribution in [0.4, 0.5) is 14.5 Å². The molecule has 0 fully saturated rings. The molecule has 0 atom stereocenters. The number of anilines is 1. The number of aromatic nitrogens is 2. The van der Waals surface area contributed by atoms with Crippen LogP contribution in [0.2, 0.25) is 0 Å². The SMILES string of the molecule is Nc1cccc(Cc2nc3cc(F)c(F)cc3[nH]2)c1. The molecular formula is C14H11F2N3. The molecule has 3 aromatic rings. The average molecular weight is 259 g/mol. The Bertz CT molecular complexity index is 711. The first-order valence-electron chi connectivity index (χ1n) is 5.80. The first kappa shape index (κ1) is 11.6. The van der Waals surface area contributed by atoms with Crippen molar-refractivity contribution >= 4 is 16.7 Å². The van der Waals surface area contributed by atoms with Crippen molar-refractivity contribution in [3.8, 4) is 0 Å². The number of nitrogens with one attached hydrogen (secondary N) is 1. The van der Waals surface area contributed by atoms with Crippen LogP contribution in [0.5, 0.6) is 0 Å². The summed E-state index contributed by atoms with van der Waals surface area (Å²) in [6.45, 7) is 0. The number of nitrogens with two attached hydrogens (primary N) is 1. The molecule has 0 aliphatic rings. The van der Waals surface area contributed by atoms with Gasteiger partial charge < -0.3 is 10.7 Å². The van der Waals surface area contributed by atoms with Gasteiger partial charge in [-0.25, -0.2) is 13.8 Å². The summed E-state index contributed by atoms with van der Waals surface area (Å²) in [5.41, 5.74) is 8.25. The monoisotopic (exact) mass is 259 g/mol. The number of hydrogen-bond donors (Lipinski definition) is 2. The van der Waals surface area contributed by atoms with E-state index in [1.165, 1.54) is 0 Å². The van der Waals surface area contributed by atoms with Crippen LogP contribution in [0, 0.1) is 11.6 Å². The van der Waals surface area contributed by atoms with Gasteiger partial charge in [-0.15, -0.1) is 0 Å². The van der Waals surface area contributed by atoms with Crippen LogP contribution in [-0.2, 0) is 6.42 Å². The van der Waals surface area contributed by atoms with Crippen molar-refractivity contribution in [2.24, 2.45) is 0 Å². The third kappa shape index (κ3) is 2.27. The molecule has 0 aliphatic heterocycles. The fraction of sp³-hybridized carbons (Fsp3) is 0.0714. The van der Waals surface area contributed by atoms with Crippen molar-refractivity contribution in [3.63, 3.8) is 0 Å². The highest BCUT2D eigenvalue weighted by Crippen LogP contribution is 2.18. The molecule has 0 saturated heterocycles. The van der Waals surface area contributed by atoms with E-state index in [0.717, 1.165) is 17.7 Å². The first-order valence-corrected chi connectivity index (χ1v) is 5.80. The predicted molar refractivity (Wildman–Crippen MR) is 69.7 cm³/mol. The summed E-state index contributed by atoms with van der Waals surface area (Å²) in [6, 6.07) is 9.61. The topological polar surface area (TPSA) is 54.7 Å². The van der Waals surface area contributed by atoms with E-state index in [2.05, 4.69) is 9.97 Å². The Hall–Kier alpha value is -2.43. The van der Waals surface area contributed by atoms with Gasteiger partial charge in [0.25, 0.3) is 0 Å². The summed E-state index contributed by atoms with van der Waals surface area (Å²) in [6.07, 6.45) is 0.531. The smallest absolute Gasteiger partial charge is 0.161 e. The van der Waals surface area contributed by atoms with Gasteiger partial charge in [0.2, 0.25) is 0 Å². The van der Waals surface area contributed by atoms with E-state index in [-0.39, 0.29) is 0 Å². The molecule has 0 unspecified atom stereocenters. The number of halogens is 2. The number of fused-ring (bicyclic) bond motifs is 1. The van der Waals surface area contributed by atoms with Gasteiger partial charge in [-0.05, 0) is 17.7 Å². The van der Waals surface area contributed by atoms with Crippen LogP contribution in [0.15, 0.2) is 36.4 Å².